The second-order valence-corrected chi connectivity index (χ2v) is 10.1. The summed E-state index contributed by atoms with van der Waals surface area (Å²) >= 11 is 5.87. The number of amides is 3. The zero-order valence-electron chi connectivity index (χ0n) is 21.2. The van der Waals surface area contributed by atoms with Crippen molar-refractivity contribution in [3.63, 3.8) is 0 Å². The molecular formula is C25H27ClF4N4O4. The number of aromatic nitrogens is 1. The Morgan fingerprint density at radius 3 is 2.58 bits per heavy atom. The summed E-state index contributed by atoms with van der Waals surface area (Å²) in [4.78, 5) is 34.8. The number of anilines is 2. The van der Waals surface area contributed by atoms with Crippen LogP contribution in [0.15, 0.2) is 30.3 Å². The van der Waals surface area contributed by atoms with Crippen molar-refractivity contribution < 1.29 is 36.6 Å². The van der Waals surface area contributed by atoms with Gasteiger partial charge in [-0.05, 0) is 57.5 Å². The molecule has 3 heterocycles. The first-order valence-corrected chi connectivity index (χ1v) is 12.2. The number of likely N-dealkylation sites (N-methyl/N-ethyl adjacent to an activating group) is 1. The number of carbonyl (C=O) groups excluding carboxylic acids is 2. The molecule has 0 saturated carbocycles. The average Bonchev–Trinajstić information content (AvgIpc) is 3.35. The van der Waals surface area contributed by atoms with Crippen LogP contribution in [0.5, 0.6) is 0 Å². The molecule has 0 bridgehead atoms. The molecule has 8 nitrogen and oxygen atoms in total. The van der Waals surface area contributed by atoms with Gasteiger partial charge in [0.2, 0.25) is 0 Å². The Morgan fingerprint density at radius 1 is 1.26 bits per heavy atom. The number of pyridine rings is 1. The fourth-order valence-corrected chi connectivity index (χ4v) is 4.65. The molecule has 38 heavy (non-hydrogen) atoms. The summed E-state index contributed by atoms with van der Waals surface area (Å²) in [5.74, 6) is -2.34. The molecule has 1 aromatic heterocycles. The van der Waals surface area contributed by atoms with E-state index in [4.69, 9.17) is 21.1 Å². The zero-order valence-corrected chi connectivity index (χ0v) is 21.9. The van der Waals surface area contributed by atoms with Crippen LogP contribution in [0.2, 0.25) is 5.02 Å². The number of hydrogen-bond donors (Lipinski definition) is 0. The summed E-state index contributed by atoms with van der Waals surface area (Å²) in [5, 5.41) is -0.208. The fourth-order valence-electron chi connectivity index (χ4n) is 4.47. The number of urea groups is 1. The summed E-state index contributed by atoms with van der Waals surface area (Å²) in [6.07, 6.45) is -4.58. The Labute approximate surface area is 222 Å². The molecule has 2 fully saturated rings. The van der Waals surface area contributed by atoms with Crippen molar-refractivity contribution in [2.24, 2.45) is 0 Å². The Balaban J connectivity index is 1.65. The predicted molar refractivity (Wildman–Crippen MR) is 132 cm³/mol. The Bertz CT molecular complexity index is 1240. The number of rotatable bonds is 6. The molecule has 206 valence electrons. The van der Waals surface area contributed by atoms with E-state index in [0.717, 1.165) is 23.1 Å². The van der Waals surface area contributed by atoms with E-state index in [2.05, 4.69) is 4.98 Å². The lowest BCUT2D eigenvalue weighted by atomic mass is 10.1. The average molecular weight is 559 g/mol. The minimum atomic E-state index is -4.68. The SMILES string of the molecule is Cc1cc(C(F)(F)F)cc(N2C(=O)N(CCC3COC(C)(C)O3)CC2C(=O)N(C)c2ccc(F)c(Cl)c2)n1. The van der Waals surface area contributed by atoms with Crippen LogP contribution in [-0.4, -0.2) is 66.5 Å². The van der Waals surface area contributed by atoms with Gasteiger partial charge in [0.25, 0.3) is 5.91 Å². The van der Waals surface area contributed by atoms with Crippen molar-refractivity contribution in [1.29, 1.82) is 0 Å². The molecule has 13 heteroatoms. The van der Waals surface area contributed by atoms with E-state index in [1.54, 1.807) is 13.8 Å². The summed E-state index contributed by atoms with van der Waals surface area (Å²) < 4.78 is 65.7. The summed E-state index contributed by atoms with van der Waals surface area (Å²) in [6.45, 7) is 5.30. The molecule has 0 N–H and O–H groups in total. The Hall–Kier alpha value is -2.96. The van der Waals surface area contributed by atoms with Crippen LogP contribution < -0.4 is 9.80 Å². The first-order chi connectivity index (χ1) is 17.7. The van der Waals surface area contributed by atoms with Crippen molar-refractivity contribution in [3.05, 3.63) is 52.4 Å². The second kappa shape index (κ2) is 10.3. The maximum atomic E-state index is 13.7. The lowest BCUT2D eigenvalue weighted by Gasteiger charge is -2.27. The van der Waals surface area contributed by atoms with E-state index in [1.165, 1.54) is 35.9 Å². The topological polar surface area (TPSA) is 75.2 Å². The molecule has 2 unspecified atom stereocenters. The van der Waals surface area contributed by atoms with Crippen LogP contribution in [0.4, 0.5) is 33.9 Å². The number of hydrogen-bond acceptors (Lipinski definition) is 5. The van der Waals surface area contributed by atoms with Gasteiger partial charge in [0.1, 0.15) is 17.7 Å². The van der Waals surface area contributed by atoms with Crippen LogP contribution in [0.25, 0.3) is 0 Å². The maximum absolute atomic E-state index is 13.7. The number of carbonyl (C=O) groups is 2. The summed E-state index contributed by atoms with van der Waals surface area (Å²) in [5.41, 5.74) is -0.710. The van der Waals surface area contributed by atoms with E-state index < -0.39 is 41.3 Å². The Morgan fingerprint density at radius 2 is 1.97 bits per heavy atom. The fraction of sp³-hybridized carbons (Fsp3) is 0.480. The largest absolute Gasteiger partial charge is 0.416 e. The normalized spacial score (nSPS) is 21.3. The van der Waals surface area contributed by atoms with Crippen LogP contribution >= 0.6 is 11.6 Å². The molecule has 1 aromatic carbocycles. The molecule has 2 saturated heterocycles. The molecule has 4 rings (SSSR count). The van der Waals surface area contributed by atoms with Gasteiger partial charge in [-0.15, -0.1) is 0 Å². The highest BCUT2D eigenvalue weighted by atomic mass is 35.5. The Kier molecular flexibility index (Phi) is 7.61. The third-order valence-corrected chi connectivity index (χ3v) is 6.68. The van der Waals surface area contributed by atoms with E-state index in [0.29, 0.717) is 13.0 Å². The van der Waals surface area contributed by atoms with Crippen LogP contribution in [0, 0.1) is 12.7 Å². The summed E-state index contributed by atoms with van der Waals surface area (Å²) in [7, 11) is 1.41. The highest BCUT2D eigenvalue weighted by molar-refractivity contribution is 6.31. The van der Waals surface area contributed by atoms with Crippen LogP contribution in [0.3, 0.4) is 0 Å². The molecule has 2 aromatic rings. The maximum Gasteiger partial charge on any atom is 0.416 e. The van der Waals surface area contributed by atoms with Gasteiger partial charge in [-0.25, -0.2) is 14.2 Å². The first kappa shape index (κ1) is 28.1. The van der Waals surface area contributed by atoms with Gasteiger partial charge in [-0.1, -0.05) is 11.6 Å². The monoisotopic (exact) mass is 558 g/mol. The number of alkyl halides is 3. The van der Waals surface area contributed by atoms with Gasteiger partial charge >= 0.3 is 12.2 Å². The van der Waals surface area contributed by atoms with Crippen molar-refractivity contribution >= 4 is 35.0 Å². The lowest BCUT2D eigenvalue weighted by Crippen LogP contribution is -2.47. The first-order valence-electron chi connectivity index (χ1n) is 11.8. The van der Waals surface area contributed by atoms with Gasteiger partial charge in [0, 0.05) is 25.0 Å². The smallest absolute Gasteiger partial charge is 0.348 e. The van der Waals surface area contributed by atoms with Crippen LogP contribution in [0.1, 0.15) is 31.5 Å². The molecule has 0 aliphatic carbocycles. The third kappa shape index (κ3) is 5.87. The second-order valence-electron chi connectivity index (χ2n) is 9.70. The van der Waals surface area contributed by atoms with Gasteiger partial charge in [-0.2, -0.15) is 13.2 Å². The zero-order chi connectivity index (χ0) is 28.0. The molecule has 0 spiro atoms. The molecule has 0 radical (unpaired) electrons. The van der Waals surface area contributed by atoms with Gasteiger partial charge in [0.15, 0.2) is 5.79 Å². The minimum absolute atomic E-state index is 0.0321. The lowest BCUT2D eigenvalue weighted by molar-refractivity contribution is -0.139. The van der Waals surface area contributed by atoms with Gasteiger partial charge in [-0.3, -0.25) is 9.69 Å². The highest BCUT2D eigenvalue weighted by Crippen LogP contribution is 2.34. The number of halogens is 5. The molecular weight excluding hydrogens is 532 g/mol. The molecule has 3 amide bonds. The quantitative estimate of drug-likeness (QED) is 0.466. The summed E-state index contributed by atoms with van der Waals surface area (Å²) in [6, 6.07) is 3.42. The van der Waals surface area contributed by atoms with E-state index in [-0.39, 0.29) is 41.4 Å². The highest BCUT2D eigenvalue weighted by Gasteiger charge is 2.45. The van der Waals surface area contributed by atoms with Gasteiger partial charge < -0.3 is 19.3 Å². The van der Waals surface area contributed by atoms with E-state index in [9.17, 15) is 27.2 Å². The van der Waals surface area contributed by atoms with Crippen molar-refractivity contribution in [3.8, 4) is 0 Å². The van der Waals surface area contributed by atoms with Crippen molar-refractivity contribution in [2.75, 3.05) is 36.5 Å². The predicted octanol–water partition coefficient (Wildman–Crippen LogP) is 5.02. The third-order valence-electron chi connectivity index (χ3n) is 6.39. The standard InChI is InChI=1S/C25H27ClF4N4O4/c1-14-9-15(25(28,29)30)10-21(31-14)34-20(22(35)32(4)16-5-6-19(27)18(26)11-16)12-33(23(34)36)8-7-17-13-37-24(2,3)38-17/h5-6,9-11,17,20H,7-8,12-13H2,1-4H3. The van der Waals surface area contributed by atoms with E-state index in [1.807, 2.05) is 0 Å². The number of nitrogens with zero attached hydrogens (tertiary/aromatic N) is 4. The number of ether oxygens (including phenoxy) is 2. The van der Waals surface area contributed by atoms with Gasteiger partial charge in [0.05, 0.1) is 29.8 Å². The van der Waals surface area contributed by atoms with Crippen molar-refractivity contribution in [2.45, 2.75) is 51.3 Å². The molecule has 2 aliphatic heterocycles. The van der Waals surface area contributed by atoms with E-state index >= 15 is 0 Å². The minimum Gasteiger partial charge on any atom is -0.348 e. The molecule has 2 atom stereocenters. The number of aryl methyl sites for hydroxylation is 1. The number of benzene rings is 1. The van der Waals surface area contributed by atoms with Crippen molar-refractivity contribution in [1.82, 2.24) is 9.88 Å². The van der Waals surface area contributed by atoms with Crippen LogP contribution in [-0.2, 0) is 20.4 Å². The molecule has 2 aliphatic rings.